The summed E-state index contributed by atoms with van der Waals surface area (Å²) in [4.78, 5) is 20.0. The predicted octanol–water partition coefficient (Wildman–Crippen LogP) is 3.26. The third-order valence-corrected chi connectivity index (χ3v) is 6.63. The van der Waals surface area contributed by atoms with Crippen LogP contribution in [0.3, 0.4) is 0 Å². The van der Waals surface area contributed by atoms with Crippen molar-refractivity contribution in [3.63, 3.8) is 0 Å². The van der Waals surface area contributed by atoms with E-state index in [1.807, 2.05) is 19.1 Å². The summed E-state index contributed by atoms with van der Waals surface area (Å²) in [6.07, 6.45) is 0. The monoisotopic (exact) mass is 595 g/mol. The summed E-state index contributed by atoms with van der Waals surface area (Å²) in [5.41, 5.74) is 1.51. The molecule has 0 aliphatic rings. The normalized spacial score (nSPS) is 10.8. The fourth-order valence-electron chi connectivity index (χ4n) is 2.76. The van der Waals surface area contributed by atoms with Crippen molar-refractivity contribution in [2.45, 2.75) is 11.8 Å². The maximum Gasteiger partial charge on any atom is 0.321 e. The van der Waals surface area contributed by atoms with E-state index in [0.29, 0.717) is 11.4 Å². The van der Waals surface area contributed by atoms with Crippen LogP contribution in [0.15, 0.2) is 57.9 Å². The van der Waals surface area contributed by atoms with Gasteiger partial charge < -0.3 is 19.5 Å². The average Bonchev–Trinajstić information content (AvgIpc) is 2.83. The highest BCUT2D eigenvalue weighted by molar-refractivity contribution is 9.10. The zero-order valence-corrected chi connectivity index (χ0v) is 22.6. The van der Waals surface area contributed by atoms with Crippen LogP contribution in [0.5, 0.6) is 17.6 Å². The second kappa shape index (κ2) is 12.0. The fraction of sp³-hybridized carbons (Fsp3) is 0.182. The van der Waals surface area contributed by atoms with Crippen molar-refractivity contribution in [2.75, 3.05) is 30.9 Å². The third-order valence-electron chi connectivity index (χ3n) is 4.43. The lowest BCUT2D eigenvalue weighted by molar-refractivity contribution is -0.121. The lowest BCUT2D eigenvalue weighted by Gasteiger charge is -2.12. The lowest BCUT2D eigenvalue weighted by atomic mass is 10.2. The number of anilines is 2. The Balaban J connectivity index is 1.57. The molecule has 1 aromatic heterocycles. The summed E-state index contributed by atoms with van der Waals surface area (Å²) >= 11 is 8.53. The number of aryl methyl sites for hydroxylation is 1. The second-order valence-electron chi connectivity index (χ2n) is 7.14. The number of carbonyl (C=O) groups is 1. The van der Waals surface area contributed by atoms with E-state index < -0.39 is 15.9 Å². The molecular formula is C22H22BrN5O6S2. The van der Waals surface area contributed by atoms with Gasteiger partial charge in [-0.25, -0.2) is 8.42 Å². The van der Waals surface area contributed by atoms with E-state index in [2.05, 4.69) is 41.3 Å². The molecule has 3 aromatic rings. The van der Waals surface area contributed by atoms with Crippen molar-refractivity contribution in [1.82, 2.24) is 15.3 Å². The number of hydrogen-bond donors (Lipinski definition) is 3. The molecule has 0 saturated heterocycles. The molecule has 0 atom stereocenters. The van der Waals surface area contributed by atoms with Crippen molar-refractivity contribution in [3.8, 4) is 17.6 Å². The van der Waals surface area contributed by atoms with Crippen molar-refractivity contribution in [1.29, 1.82) is 0 Å². The van der Waals surface area contributed by atoms with Crippen molar-refractivity contribution < 1.29 is 27.4 Å². The van der Waals surface area contributed by atoms with Gasteiger partial charge in [0.25, 0.3) is 15.9 Å². The second-order valence-corrected chi connectivity index (χ2v) is 10.1. The minimum absolute atomic E-state index is 0.0234. The lowest BCUT2D eigenvalue weighted by Crippen LogP contribution is -2.37. The van der Waals surface area contributed by atoms with Gasteiger partial charge in [-0.2, -0.15) is 9.97 Å². The number of benzene rings is 2. The molecule has 11 nitrogen and oxygen atoms in total. The Bertz CT molecular complexity index is 1350. The molecule has 0 saturated carbocycles. The van der Waals surface area contributed by atoms with Gasteiger partial charge in [-0.1, -0.05) is 6.07 Å². The highest BCUT2D eigenvalue weighted by Crippen LogP contribution is 2.25. The first-order chi connectivity index (χ1) is 17.1. The molecule has 36 heavy (non-hydrogen) atoms. The Kier molecular flexibility index (Phi) is 9.01. The quantitative estimate of drug-likeness (QED) is 0.315. The van der Waals surface area contributed by atoms with Gasteiger partial charge in [-0.3, -0.25) is 14.8 Å². The molecule has 1 amide bonds. The van der Waals surface area contributed by atoms with Crippen molar-refractivity contribution in [2.24, 2.45) is 0 Å². The molecule has 190 valence electrons. The average molecular weight is 596 g/mol. The van der Waals surface area contributed by atoms with Crippen LogP contribution in [0, 0.1) is 6.92 Å². The van der Waals surface area contributed by atoms with Gasteiger partial charge in [-0.15, -0.1) is 0 Å². The van der Waals surface area contributed by atoms with E-state index in [1.54, 1.807) is 6.07 Å². The summed E-state index contributed by atoms with van der Waals surface area (Å²) in [6.45, 7) is 1.70. The molecule has 0 aliphatic carbocycles. The standard InChI is InChI=1S/C22H22BrN5O6S2/c1-13-4-9-17(16(23)10-13)34-12-19(29)26-22(35)24-14-5-7-15(8-6-14)36(30,31)28-18-11-20(32-2)27-21(25-18)33-3/h4-11H,12H2,1-3H3,(H,25,27,28)(H2,24,26,29,35). The van der Waals surface area contributed by atoms with E-state index in [0.717, 1.165) is 10.0 Å². The van der Waals surface area contributed by atoms with Crippen molar-refractivity contribution in [3.05, 3.63) is 58.6 Å². The number of methoxy groups -OCH3 is 2. The first-order valence-corrected chi connectivity index (χ1v) is 12.9. The van der Waals surface area contributed by atoms with Crippen LogP contribution >= 0.6 is 28.1 Å². The number of ether oxygens (including phenoxy) is 3. The van der Waals surface area contributed by atoms with Crippen LogP contribution < -0.4 is 29.6 Å². The van der Waals surface area contributed by atoms with Crippen LogP contribution in [0.1, 0.15) is 5.56 Å². The van der Waals surface area contributed by atoms with Gasteiger partial charge >= 0.3 is 6.01 Å². The van der Waals surface area contributed by atoms with E-state index in [9.17, 15) is 13.2 Å². The Morgan fingerprint density at radius 2 is 1.78 bits per heavy atom. The molecule has 0 bridgehead atoms. The fourth-order valence-corrected chi connectivity index (χ4v) is 4.59. The summed E-state index contributed by atoms with van der Waals surface area (Å²) in [5.74, 6) is 0.175. The highest BCUT2D eigenvalue weighted by Gasteiger charge is 2.17. The third kappa shape index (κ3) is 7.50. The molecule has 0 aliphatic heterocycles. The summed E-state index contributed by atoms with van der Waals surface area (Å²) < 4.78 is 44.0. The molecule has 0 fully saturated rings. The Morgan fingerprint density at radius 3 is 2.42 bits per heavy atom. The number of hydrogen-bond acceptors (Lipinski definition) is 9. The SMILES string of the molecule is COc1cc(NS(=O)(=O)c2ccc(NC(=S)NC(=O)COc3ccc(C)cc3Br)cc2)nc(OC)n1. The Morgan fingerprint density at radius 1 is 1.06 bits per heavy atom. The topological polar surface area (TPSA) is 141 Å². The maximum atomic E-state index is 12.7. The molecular weight excluding hydrogens is 574 g/mol. The van der Waals surface area contributed by atoms with Crippen LogP contribution in [0.25, 0.3) is 0 Å². The first kappa shape index (κ1) is 27.1. The number of halogens is 1. The van der Waals surface area contributed by atoms with E-state index in [1.165, 1.54) is 44.6 Å². The smallest absolute Gasteiger partial charge is 0.321 e. The number of nitrogens with zero attached hydrogens (tertiary/aromatic N) is 2. The number of thiocarbonyl (C=S) groups is 1. The van der Waals surface area contributed by atoms with Gasteiger partial charge in [0.15, 0.2) is 17.5 Å². The summed E-state index contributed by atoms with van der Waals surface area (Å²) in [7, 11) is -1.24. The van der Waals surface area contributed by atoms with E-state index >= 15 is 0 Å². The van der Waals surface area contributed by atoms with E-state index in [-0.39, 0.29) is 34.3 Å². The molecule has 14 heteroatoms. The van der Waals surface area contributed by atoms with Crippen LogP contribution in [0.2, 0.25) is 0 Å². The zero-order chi connectivity index (χ0) is 26.3. The molecule has 1 heterocycles. The van der Waals surface area contributed by atoms with Crippen LogP contribution in [0.4, 0.5) is 11.5 Å². The predicted molar refractivity (Wildman–Crippen MR) is 141 cm³/mol. The summed E-state index contributed by atoms with van der Waals surface area (Å²) in [6, 6.07) is 12.5. The molecule has 3 rings (SSSR count). The van der Waals surface area contributed by atoms with Crippen LogP contribution in [-0.4, -0.2) is 50.2 Å². The number of nitrogens with one attached hydrogen (secondary N) is 3. The molecule has 2 aromatic carbocycles. The number of aromatic nitrogens is 2. The minimum Gasteiger partial charge on any atom is -0.483 e. The van der Waals surface area contributed by atoms with Gasteiger partial charge in [-0.05, 0) is 77.0 Å². The Labute approximate surface area is 221 Å². The number of sulfonamides is 1. The number of rotatable bonds is 9. The minimum atomic E-state index is -3.97. The zero-order valence-electron chi connectivity index (χ0n) is 19.4. The maximum absolute atomic E-state index is 12.7. The summed E-state index contributed by atoms with van der Waals surface area (Å²) in [5, 5.41) is 5.34. The highest BCUT2D eigenvalue weighted by atomic mass is 79.9. The van der Waals surface area contributed by atoms with Gasteiger partial charge in [0.1, 0.15) is 5.75 Å². The molecule has 0 radical (unpaired) electrons. The molecule has 0 spiro atoms. The largest absolute Gasteiger partial charge is 0.483 e. The van der Waals surface area contributed by atoms with Gasteiger partial charge in [0.2, 0.25) is 5.88 Å². The molecule has 0 unspecified atom stereocenters. The van der Waals surface area contributed by atoms with E-state index in [4.69, 9.17) is 26.4 Å². The first-order valence-electron chi connectivity index (χ1n) is 10.2. The number of carbonyl (C=O) groups excluding carboxylic acids is 1. The number of amides is 1. The van der Waals surface area contributed by atoms with Gasteiger partial charge in [0.05, 0.1) is 23.6 Å². The van der Waals surface area contributed by atoms with Crippen molar-refractivity contribution >= 4 is 60.7 Å². The van der Waals surface area contributed by atoms with Gasteiger partial charge in [0, 0.05) is 11.8 Å². The molecule has 3 N–H and O–H groups in total. The van der Waals surface area contributed by atoms with Crippen LogP contribution in [-0.2, 0) is 14.8 Å². The Hall–Kier alpha value is -3.49.